The van der Waals surface area contributed by atoms with Gasteiger partial charge in [0.2, 0.25) is 0 Å². The van der Waals surface area contributed by atoms with Gasteiger partial charge in [0.25, 0.3) is 5.91 Å². The molecular formula is C16H16FN3O2. The maximum atomic E-state index is 14.1. The van der Waals surface area contributed by atoms with Crippen LogP contribution in [0.4, 0.5) is 9.18 Å². The van der Waals surface area contributed by atoms with Crippen LogP contribution in [0.3, 0.4) is 0 Å². The molecule has 0 aromatic heterocycles. The van der Waals surface area contributed by atoms with E-state index in [1.54, 1.807) is 30.1 Å². The van der Waals surface area contributed by atoms with Gasteiger partial charge in [-0.05, 0) is 18.9 Å². The number of rotatable bonds is 2. The average Bonchev–Trinajstić information content (AvgIpc) is 3.28. The largest absolute Gasteiger partial charge is 0.330 e. The van der Waals surface area contributed by atoms with Crippen LogP contribution in [0.25, 0.3) is 0 Å². The van der Waals surface area contributed by atoms with Crippen molar-refractivity contribution < 1.29 is 14.0 Å². The molecule has 5 nitrogen and oxygen atoms in total. The fourth-order valence-electron chi connectivity index (χ4n) is 3.21. The molecule has 114 valence electrons. The van der Waals surface area contributed by atoms with Gasteiger partial charge in [0.15, 0.2) is 0 Å². The summed E-state index contributed by atoms with van der Waals surface area (Å²) in [5.41, 5.74) is 1.52. The molecule has 1 aromatic carbocycles. The van der Waals surface area contributed by atoms with E-state index in [1.165, 1.54) is 11.0 Å². The molecule has 2 heterocycles. The van der Waals surface area contributed by atoms with Crippen molar-refractivity contribution in [2.75, 3.05) is 13.6 Å². The van der Waals surface area contributed by atoms with Crippen molar-refractivity contribution >= 4 is 11.9 Å². The molecule has 3 aliphatic rings. The first-order valence-electron chi connectivity index (χ1n) is 7.40. The highest BCUT2D eigenvalue weighted by Gasteiger charge is 2.47. The lowest BCUT2D eigenvalue weighted by molar-refractivity contribution is -0.126. The zero-order valence-electron chi connectivity index (χ0n) is 12.2. The number of hydrogen-bond donors (Lipinski definition) is 1. The Balaban J connectivity index is 1.80. The van der Waals surface area contributed by atoms with E-state index in [4.69, 9.17) is 0 Å². The molecule has 1 N–H and O–H groups in total. The number of nitrogens with zero attached hydrogens (tertiary/aromatic N) is 2. The molecule has 0 radical (unpaired) electrons. The van der Waals surface area contributed by atoms with Crippen LogP contribution in [0.1, 0.15) is 24.4 Å². The summed E-state index contributed by atoms with van der Waals surface area (Å²) in [5.74, 6) is -0.500. The zero-order valence-corrected chi connectivity index (χ0v) is 12.2. The van der Waals surface area contributed by atoms with E-state index in [1.807, 2.05) is 0 Å². The van der Waals surface area contributed by atoms with Crippen LogP contribution >= 0.6 is 0 Å². The summed E-state index contributed by atoms with van der Waals surface area (Å²) < 4.78 is 14.1. The average molecular weight is 301 g/mol. The van der Waals surface area contributed by atoms with Gasteiger partial charge in [0.1, 0.15) is 5.82 Å². The zero-order chi connectivity index (χ0) is 15.4. The molecule has 1 atom stereocenters. The van der Waals surface area contributed by atoms with Crippen molar-refractivity contribution in [3.05, 3.63) is 46.9 Å². The molecule has 6 heteroatoms. The van der Waals surface area contributed by atoms with Gasteiger partial charge in [0, 0.05) is 18.7 Å². The van der Waals surface area contributed by atoms with Crippen LogP contribution in [0.15, 0.2) is 35.5 Å². The van der Waals surface area contributed by atoms with Crippen LogP contribution in [0, 0.1) is 5.82 Å². The van der Waals surface area contributed by atoms with Crippen molar-refractivity contribution in [3.63, 3.8) is 0 Å². The smallest absolute Gasteiger partial charge is 0.322 e. The van der Waals surface area contributed by atoms with Crippen molar-refractivity contribution in [1.29, 1.82) is 0 Å². The molecule has 1 unspecified atom stereocenters. The molecule has 22 heavy (non-hydrogen) atoms. The molecule has 0 saturated heterocycles. The first-order chi connectivity index (χ1) is 10.6. The Bertz CT molecular complexity index is 711. The van der Waals surface area contributed by atoms with Gasteiger partial charge < -0.3 is 10.2 Å². The molecule has 1 aliphatic carbocycles. The number of nitrogens with one attached hydrogen (secondary N) is 1. The fourth-order valence-corrected chi connectivity index (χ4v) is 3.21. The molecular weight excluding hydrogens is 285 g/mol. The highest BCUT2D eigenvalue weighted by atomic mass is 19.1. The quantitative estimate of drug-likeness (QED) is 0.905. The van der Waals surface area contributed by atoms with E-state index in [2.05, 4.69) is 5.32 Å². The Kier molecular flexibility index (Phi) is 2.76. The molecule has 0 bridgehead atoms. The van der Waals surface area contributed by atoms with Crippen LogP contribution < -0.4 is 5.32 Å². The van der Waals surface area contributed by atoms with Gasteiger partial charge in [-0.3, -0.25) is 9.69 Å². The van der Waals surface area contributed by atoms with E-state index >= 15 is 0 Å². The standard InChI is InChI=1S/C16H16FN3O2/c1-19-12-8-20(9-6-7-9)15(21)13(12)14(18-16(19)22)10-4-2-3-5-11(10)17/h2-5,9,14H,6-8H2,1H3,(H,18,22). The summed E-state index contributed by atoms with van der Waals surface area (Å²) in [4.78, 5) is 28.2. The molecule has 2 aliphatic heterocycles. The Labute approximate surface area is 127 Å². The molecule has 1 aromatic rings. The first kappa shape index (κ1) is 13.3. The third kappa shape index (κ3) is 1.83. The summed E-state index contributed by atoms with van der Waals surface area (Å²) in [6, 6.07) is 5.51. The summed E-state index contributed by atoms with van der Waals surface area (Å²) in [7, 11) is 1.64. The lowest BCUT2D eigenvalue weighted by Gasteiger charge is -2.31. The second-order valence-corrected chi connectivity index (χ2v) is 5.99. The van der Waals surface area contributed by atoms with Gasteiger partial charge >= 0.3 is 6.03 Å². The van der Waals surface area contributed by atoms with Crippen LogP contribution in [-0.4, -0.2) is 41.4 Å². The van der Waals surface area contributed by atoms with E-state index < -0.39 is 11.9 Å². The summed E-state index contributed by atoms with van der Waals surface area (Å²) in [6.45, 7) is 0.438. The second-order valence-electron chi connectivity index (χ2n) is 5.99. The minimum absolute atomic E-state index is 0.0856. The number of likely N-dealkylation sites (N-methyl/N-ethyl adjacent to an activating group) is 1. The fraction of sp³-hybridized carbons (Fsp3) is 0.375. The van der Waals surface area contributed by atoms with Crippen LogP contribution in [0.2, 0.25) is 0 Å². The number of benzene rings is 1. The maximum Gasteiger partial charge on any atom is 0.322 e. The van der Waals surface area contributed by atoms with Crippen molar-refractivity contribution in [1.82, 2.24) is 15.1 Å². The Morgan fingerprint density at radius 3 is 2.64 bits per heavy atom. The number of urea groups is 1. The molecule has 4 rings (SSSR count). The summed E-state index contributed by atoms with van der Waals surface area (Å²) in [6.07, 6.45) is 2.00. The Morgan fingerprint density at radius 1 is 1.23 bits per heavy atom. The third-order valence-electron chi connectivity index (χ3n) is 4.59. The van der Waals surface area contributed by atoms with Gasteiger partial charge in [-0.15, -0.1) is 0 Å². The topological polar surface area (TPSA) is 52.7 Å². The number of halogens is 1. The second kappa shape index (κ2) is 4.56. The molecule has 1 saturated carbocycles. The monoisotopic (exact) mass is 301 g/mol. The van der Waals surface area contributed by atoms with Crippen LogP contribution in [-0.2, 0) is 4.79 Å². The van der Waals surface area contributed by atoms with E-state index in [-0.39, 0.29) is 18.0 Å². The number of amides is 3. The predicted octanol–water partition coefficient (Wildman–Crippen LogP) is 1.78. The first-order valence-corrected chi connectivity index (χ1v) is 7.40. The number of carbonyl (C=O) groups excluding carboxylic acids is 2. The number of hydrogen-bond acceptors (Lipinski definition) is 2. The lowest BCUT2D eigenvalue weighted by atomic mass is 9.95. The summed E-state index contributed by atoms with van der Waals surface area (Å²) in [5, 5.41) is 2.75. The number of carbonyl (C=O) groups is 2. The van der Waals surface area contributed by atoms with Gasteiger partial charge in [-0.25, -0.2) is 9.18 Å². The SMILES string of the molecule is CN1C(=O)NC(c2ccccc2F)C2=C1CN(C1CC1)C2=O. The maximum absolute atomic E-state index is 14.1. The normalized spacial score (nSPS) is 24.7. The van der Waals surface area contributed by atoms with E-state index in [0.29, 0.717) is 23.4 Å². The van der Waals surface area contributed by atoms with Gasteiger partial charge in [0.05, 0.1) is 23.9 Å². The molecule has 3 amide bonds. The summed E-state index contributed by atoms with van der Waals surface area (Å²) >= 11 is 0. The molecule has 1 fully saturated rings. The van der Waals surface area contributed by atoms with Gasteiger partial charge in [-0.2, -0.15) is 0 Å². The van der Waals surface area contributed by atoms with E-state index in [0.717, 1.165) is 12.8 Å². The van der Waals surface area contributed by atoms with Crippen molar-refractivity contribution in [2.24, 2.45) is 0 Å². The molecule has 0 spiro atoms. The predicted molar refractivity (Wildman–Crippen MR) is 77.2 cm³/mol. The highest BCUT2D eigenvalue weighted by Crippen LogP contribution is 2.40. The Morgan fingerprint density at radius 2 is 1.95 bits per heavy atom. The third-order valence-corrected chi connectivity index (χ3v) is 4.59. The van der Waals surface area contributed by atoms with Gasteiger partial charge in [-0.1, -0.05) is 18.2 Å². The minimum atomic E-state index is -0.712. The van der Waals surface area contributed by atoms with Crippen molar-refractivity contribution in [2.45, 2.75) is 24.9 Å². The van der Waals surface area contributed by atoms with Crippen molar-refractivity contribution in [3.8, 4) is 0 Å². The Hall–Kier alpha value is -2.37. The lowest BCUT2D eigenvalue weighted by Crippen LogP contribution is -2.45. The minimum Gasteiger partial charge on any atom is -0.330 e. The van der Waals surface area contributed by atoms with Crippen LogP contribution in [0.5, 0.6) is 0 Å². The highest BCUT2D eigenvalue weighted by molar-refractivity contribution is 6.01. The van der Waals surface area contributed by atoms with E-state index in [9.17, 15) is 14.0 Å².